The number of fused-ring (bicyclic) bond motifs is 1. The van der Waals surface area contributed by atoms with Crippen LogP contribution < -0.4 is 10.6 Å². The van der Waals surface area contributed by atoms with Gasteiger partial charge in [-0.2, -0.15) is 0 Å². The molecule has 6 heteroatoms. The molecule has 2 unspecified atom stereocenters. The number of rotatable bonds is 4. The summed E-state index contributed by atoms with van der Waals surface area (Å²) in [5.74, 6) is 0.756. The Morgan fingerprint density at radius 1 is 1.38 bits per heavy atom. The zero-order chi connectivity index (χ0) is 16.6. The largest absolute Gasteiger partial charge is 0.329 e. The highest BCUT2D eigenvalue weighted by molar-refractivity contribution is 7.99. The number of nitrogens with one attached hydrogen (secondary N) is 2. The van der Waals surface area contributed by atoms with E-state index in [1.54, 1.807) is 18.0 Å². The molecule has 2 fully saturated rings. The molecule has 0 radical (unpaired) electrons. The van der Waals surface area contributed by atoms with Gasteiger partial charge in [-0.25, -0.2) is 4.98 Å². The first-order valence-corrected chi connectivity index (χ1v) is 9.26. The van der Waals surface area contributed by atoms with Crippen molar-refractivity contribution in [2.24, 2.45) is 18.4 Å². The van der Waals surface area contributed by atoms with E-state index in [0.29, 0.717) is 5.92 Å². The quantitative estimate of drug-likeness (QED) is 0.897. The molecule has 5 nitrogen and oxygen atoms in total. The minimum atomic E-state index is -0.121. The zero-order valence-corrected chi connectivity index (χ0v) is 14.6. The minimum absolute atomic E-state index is 0.121. The number of anilines is 1. The Labute approximate surface area is 146 Å². The molecule has 1 amide bonds. The summed E-state index contributed by atoms with van der Waals surface area (Å²) >= 11 is 1.62. The van der Waals surface area contributed by atoms with Crippen LogP contribution in [-0.4, -0.2) is 28.5 Å². The number of aromatic nitrogens is 2. The summed E-state index contributed by atoms with van der Waals surface area (Å²) < 4.78 is 1.99. The van der Waals surface area contributed by atoms with E-state index in [1.165, 1.54) is 0 Å². The van der Waals surface area contributed by atoms with Gasteiger partial charge in [-0.05, 0) is 62.5 Å². The topological polar surface area (TPSA) is 59.0 Å². The van der Waals surface area contributed by atoms with Gasteiger partial charge in [-0.1, -0.05) is 11.8 Å². The van der Waals surface area contributed by atoms with Crippen molar-refractivity contribution in [3.8, 4) is 0 Å². The van der Waals surface area contributed by atoms with E-state index >= 15 is 0 Å². The van der Waals surface area contributed by atoms with Crippen LogP contribution in [0.4, 0.5) is 5.69 Å². The van der Waals surface area contributed by atoms with Gasteiger partial charge < -0.3 is 15.2 Å². The number of nitrogens with zero attached hydrogens (tertiary/aromatic N) is 2. The number of hydrogen-bond donors (Lipinski definition) is 2. The fourth-order valence-electron chi connectivity index (χ4n) is 3.59. The maximum absolute atomic E-state index is 12.7. The van der Waals surface area contributed by atoms with Gasteiger partial charge in [-0.15, -0.1) is 0 Å². The van der Waals surface area contributed by atoms with Crippen molar-refractivity contribution in [3.63, 3.8) is 0 Å². The molecular formula is C18H22N4OS. The number of aryl methyl sites for hydroxylation is 1. The fraction of sp³-hybridized carbons (Fsp3) is 0.444. The summed E-state index contributed by atoms with van der Waals surface area (Å²) in [5, 5.41) is 7.47. The van der Waals surface area contributed by atoms with Crippen LogP contribution in [0.2, 0.25) is 0 Å². The Hall–Kier alpha value is -1.79. The third-order valence-corrected chi connectivity index (χ3v) is 6.28. The Morgan fingerprint density at radius 3 is 2.96 bits per heavy atom. The van der Waals surface area contributed by atoms with Crippen molar-refractivity contribution in [2.45, 2.75) is 29.3 Å². The average Bonchev–Trinajstić information content (AvgIpc) is 3.19. The van der Waals surface area contributed by atoms with Gasteiger partial charge in [0, 0.05) is 30.0 Å². The minimum Gasteiger partial charge on any atom is -0.329 e. The number of imidazole rings is 1. The van der Waals surface area contributed by atoms with Crippen molar-refractivity contribution < 1.29 is 4.79 Å². The second-order valence-electron chi connectivity index (χ2n) is 6.75. The van der Waals surface area contributed by atoms with Crippen LogP contribution in [0.5, 0.6) is 0 Å². The molecule has 1 aliphatic carbocycles. The molecule has 126 valence electrons. The molecule has 24 heavy (non-hydrogen) atoms. The molecule has 1 saturated carbocycles. The lowest BCUT2D eigenvalue weighted by molar-refractivity contribution is -0.121. The molecule has 4 rings (SSSR count). The maximum atomic E-state index is 12.7. The van der Waals surface area contributed by atoms with Crippen LogP contribution in [0.25, 0.3) is 0 Å². The summed E-state index contributed by atoms with van der Waals surface area (Å²) in [6, 6.07) is 8.02. The maximum Gasteiger partial charge on any atom is 0.230 e. The smallest absolute Gasteiger partial charge is 0.230 e. The van der Waals surface area contributed by atoms with Gasteiger partial charge in [0.15, 0.2) is 5.16 Å². The van der Waals surface area contributed by atoms with Crippen LogP contribution in [0.3, 0.4) is 0 Å². The number of carbonyl (C=O) groups is 1. The van der Waals surface area contributed by atoms with E-state index in [4.69, 9.17) is 0 Å². The van der Waals surface area contributed by atoms with Crippen LogP contribution in [0.15, 0.2) is 46.7 Å². The van der Waals surface area contributed by atoms with Crippen molar-refractivity contribution in [3.05, 3.63) is 36.7 Å². The third-order valence-electron chi connectivity index (χ3n) is 5.20. The number of benzene rings is 1. The van der Waals surface area contributed by atoms with E-state index in [2.05, 4.69) is 15.6 Å². The Balaban J connectivity index is 1.40. The van der Waals surface area contributed by atoms with E-state index in [0.717, 1.165) is 48.1 Å². The molecule has 2 heterocycles. The van der Waals surface area contributed by atoms with E-state index in [9.17, 15) is 4.79 Å². The third kappa shape index (κ3) is 2.96. The van der Waals surface area contributed by atoms with Crippen LogP contribution in [-0.2, 0) is 11.8 Å². The lowest BCUT2D eigenvalue weighted by Gasteiger charge is -2.15. The predicted octanol–water partition coefficient (Wildman–Crippen LogP) is 2.90. The summed E-state index contributed by atoms with van der Waals surface area (Å²) in [4.78, 5) is 18.1. The molecular weight excluding hydrogens is 320 g/mol. The molecule has 2 N–H and O–H groups in total. The summed E-state index contributed by atoms with van der Waals surface area (Å²) in [6.45, 7) is 1.99. The van der Waals surface area contributed by atoms with Gasteiger partial charge in [0.1, 0.15) is 0 Å². The van der Waals surface area contributed by atoms with E-state index < -0.39 is 0 Å². The highest BCUT2D eigenvalue weighted by atomic mass is 32.2. The van der Waals surface area contributed by atoms with Gasteiger partial charge in [-0.3, -0.25) is 4.79 Å². The fourth-order valence-corrected chi connectivity index (χ4v) is 4.39. The summed E-state index contributed by atoms with van der Waals surface area (Å²) in [5.41, 5.74) is 0.755. The predicted molar refractivity (Wildman–Crippen MR) is 95.0 cm³/mol. The highest BCUT2D eigenvalue weighted by Crippen LogP contribution is 2.58. The number of amides is 1. The van der Waals surface area contributed by atoms with E-state index in [-0.39, 0.29) is 11.3 Å². The lowest BCUT2D eigenvalue weighted by Crippen LogP contribution is -2.27. The van der Waals surface area contributed by atoms with Crippen LogP contribution in [0.1, 0.15) is 19.3 Å². The van der Waals surface area contributed by atoms with Crippen molar-refractivity contribution in [1.29, 1.82) is 0 Å². The first kappa shape index (κ1) is 15.7. The van der Waals surface area contributed by atoms with Crippen LogP contribution >= 0.6 is 11.8 Å². The molecule has 0 bridgehead atoms. The van der Waals surface area contributed by atoms with Crippen molar-refractivity contribution in [2.75, 3.05) is 18.4 Å². The van der Waals surface area contributed by atoms with Crippen molar-refractivity contribution in [1.82, 2.24) is 14.9 Å². The standard InChI is InChI=1S/C18H22N4OS/c1-22-11-10-20-17(22)24-15-4-2-14(3-5-15)21-16(23)18-7-9-19-8-6-13(18)12-18/h2-5,10-11,13,19H,6-9,12H2,1H3,(H,21,23). The normalized spacial score (nSPS) is 25.6. The molecule has 0 spiro atoms. The Bertz CT molecular complexity index is 742. The first-order chi connectivity index (χ1) is 11.7. The lowest BCUT2D eigenvalue weighted by atomic mass is 9.97. The summed E-state index contributed by atoms with van der Waals surface area (Å²) in [6.07, 6.45) is 6.85. The molecule has 1 aromatic heterocycles. The molecule has 2 aromatic rings. The highest BCUT2D eigenvalue weighted by Gasteiger charge is 2.59. The zero-order valence-electron chi connectivity index (χ0n) is 13.8. The number of hydrogen-bond acceptors (Lipinski definition) is 4. The SMILES string of the molecule is Cn1ccnc1Sc1ccc(NC(=O)C23CCNCCC2C3)cc1. The Kier molecular flexibility index (Phi) is 4.10. The van der Waals surface area contributed by atoms with Gasteiger partial charge >= 0.3 is 0 Å². The molecule has 1 saturated heterocycles. The number of carbonyl (C=O) groups excluding carboxylic acids is 1. The summed E-state index contributed by atoms with van der Waals surface area (Å²) in [7, 11) is 1.98. The van der Waals surface area contributed by atoms with Crippen molar-refractivity contribution >= 4 is 23.4 Å². The van der Waals surface area contributed by atoms with Gasteiger partial charge in [0.2, 0.25) is 5.91 Å². The molecule has 1 aromatic carbocycles. The second-order valence-corrected chi connectivity index (χ2v) is 7.79. The first-order valence-electron chi connectivity index (χ1n) is 8.45. The molecule has 2 atom stereocenters. The average molecular weight is 342 g/mol. The molecule has 2 aliphatic rings. The Morgan fingerprint density at radius 2 is 2.21 bits per heavy atom. The van der Waals surface area contributed by atoms with E-state index in [1.807, 2.05) is 42.1 Å². The second kappa shape index (κ2) is 6.26. The van der Waals surface area contributed by atoms with Crippen LogP contribution in [0, 0.1) is 11.3 Å². The molecule has 1 aliphatic heterocycles. The monoisotopic (exact) mass is 342 g/mol. The van der Waals surface area contributed by atoms with Gasteiger partial charge in [0.25, 0.3) is 0 Å². The van der Waals surface area contributed by atoms with Gasteiger partial charge in [0.05, 0.1) is 5.41 Å².